The van der Waals surface area contributed by atoms with Crippen molar-refractivity contribution >= 4 is 5.91 Å². The van der Waals surface area contributed by atoms with Gasteiger partial charge in [0, 0.05) is 19.1 Å². The summed E-state index contributed by atoms with van der Waals surface area (Å²) >= 11 is 0. The highest BCUT2D eigenvalue weighted by Crippen LogP contribution is 2.06. The zero-order valence-corrected chi connectivity index (χ0v) is 5.72. The van der Waals surface area contributed by atoms with Crippen LogP contribution in [-0.2, 0) is 4.79 Å². The molecule has 0 spiro atoms. The first-order valence-corrected chi connectivity index (χ1v) is 3.33. The van der Waals surface area contributed by atoms with Gasteiger partial charge in [-0.25, -0.2) is 4.39 Å². The third-order valence-electron chi connectivity index (χ3n) is 1.69. The van der Waals surface area contributed by atoms with Crippen molar-refractivity contribution in [1.82, 2.24) is 4.90 Å². The molecule has 1 aliphatic rings. The first-order chi connectivity index (χ1) is 4.74. The Hall–Kier alpha value is -0.640. The molecule has 1 fully saturated rings. The van der Waals surface area contributed by atoms with Crippen LogP contribution < -0.4 is 5.73 Å². The first kappa shape index (κ1) is 7.47. The van der Waals surface area contributed by atoms with Gasteiger partial charge in [-0.15, -0.1) is 0 Å². The Kier molecular flexibility index (Phi) is 2.21. The predicted molar refractivity (Wildman–Crippen MR) is 35.1 cm³/mol. The van der Waals surface area contributed by atoms with Crippen LogP contribution in [0.3, 0.4) is 0 Å². The minimum absolute atomic E-state index is 0.0514. The molecule has 0 radical (unpaired) electrons. The standard InChI is InChI=1S/C6H11FN2O/c7-3-6(10)9-2-1-5(8)4-9/h5H,1-4,8H2. The zero-order valence-electron chi connectivity index (χ0n) is 5.72. The number of carbonyl (C=O) groups is 1. The molecule has 1 unspecified atom stereocenters. The van der Waals surface area contributed by atoms with Crippen molar-refractivity contribution in [2.45, 2.75) is 12.5 Å². The second-order valence-electron chi connectivity index (χ2n) is 2.52. The molecule has 0 aromatic rings. The van der Waals surface area contributed by atoms with Crippen LogP contribution in [0.1, 0.15) is 6.42 Å². The lowest BCUT2D eigenvalue weighted by Gasteiger charge is -2.12. The summed E-state index contributed by atoms with van der Waals surface area (Å²) in [5, 5.41) is 0. The first-order valence-electron chi connectivity index (χ1n) is 3.33. The Morgan fingerprint density at radius 3 is 2.90 bits per heavy atom. The summed E-state index contributed by atoms with van der Waals surface area (Å²) in [4.78, 5) is 12.1. The van der Waals surface area contributed by atoms with Crippen molar-refractivity contribution in [2.75, 3.05) is 19.8 Å². The number of hydrogen-bond donors (Lipinski definition) is 1. The van der Waals surface area contributed by atoms with E-state index in [1.165, 1.54) is 4.90 Å². The minimum Gasteiger partial charge on any atom is -0.339 e. The highest BCUT2D eigenvalue weighted by molar-refractivity contribution is 5.77. The van der Waals surface area contributed by atoms with Crippen LogP contribution in [0.5, 0.6) is 0 Å². The van der Waals surface area contributed by atoms with E-state index >= 15 is 0 Å². The fourth-order valence-corrected chi connectivity index (χ4v) is 1.10. The molecule has 2 N–H and O–H groups in total. The third-order valence-corrected chi connectivity index (χ3v) is 1.69. The van der Waals surface area contributed by atoms with Gasteiger partial charge in [0.15, 0.2) is 6.67 Å². The molecule has 1 aliphatic heterocycles. The lowest BCUT2D eigenvalue weighted by molar-refractivity contribution is -0.131. The molecule has 1 saturated heterocycles. The van der Waals surface area contributed by atoms with E-state index in [4.69, 9.17) is 5.73 Å². The Bertz CT molecular complexity index is 140. The maximum absolute atomic E-state index is 11.7. The molecule has 1 atom stereocenters. The van der Waals surface area contributed by atoms with Gasteiger partial charge in [0.1, 0.15) is 0 Å². The smallest absolute Gasteiger partial charge is 0.254 e. The van der Waals surface area contributed by atoms with Crippen LogP contribution in [0.25, 0.3) is 0 Å². The molecule has 0 aromatic carbocycles. The lowest BCUT2D eigenvalue weighted by Crippen LogP contribution is -2.32. The third kappa shape index (κ3) is 1.44. The molecule has 3 nitrogen and oxygen atoms in total. The Labute approximate surface area is 59.0 Å². The van der Waals surface area contributed by atoms with Gasteiger partial charge in [0.25, 0.3) is 5.91 Å². The van der Waals surface area contributed by atoms with Gasteiger partial charge in [0.2, 0.25) is 0 Å². The van der Waals surface area contributed by atoms with Crippen LogP contribution >= 0.6 is 0 Å². The van der Waals surface area contributed by atoms with Crippen LogP contribution in [0, 0.1) is 0 Å². The number of amides is 1. The largest absolute Gasteiger partial charge is 0.339 e. The van der Waals surface area contributed by atoms with Crippen LogP contribution in [-0.4, -0.2) is 36.6 Å². The predicted octanol–water partition coefficient (Wildman–Crippen LogP) is -0.485. The summed E-state index contributed by atoms with van der Waals surface area (Å²) < 4.78 is 11.7. The second-order valence-corrected chi connectivity index (χ2v) is 2.52. The fraction of sp³-hybridized carbons (Fsp3) is 0.833. The van der Waals surface area contributed by atoms with Gasteiger partial charge in [-0.3, -0.25) is 4.79 Å². The number of rotatable bonds is 1. The molecule has 10 heavy (non-hydrogen) atoms. The van der Waals surface area contributed by atoms with E-state index in [9.17, 15) is 9.18 Å². The number of alkyl halides is 1. The number of nitrogens with zero attached hydrogens (tertiary/aromatic N) is 1. The Balaban J connectivity index is 2.37. The average Bonchev–Trinajstić information content (AvgIpc) is 2.34. The molecule has 58 valence electrons. The number of carbonyl (C=O) groups excluding carboxylic acids is 1. The highest BCUT2D eigenvalue weighted by Gasteiger charge is 2.22. The van der Waals surface area contributed by atoms with E-state index < -0.39 is 12.6 Å². The molecule has 0 bridgehead atoms. The van der Waals surface area contributed by atoms with Crippen LogP contribution in [0.2, 0.25) is 0 Å². The minimum atomic E-state index is -0.896. The fourth-order valence-electron chi connectivity index (χ4n) is 1.10. The van der Waals surface area contributed by atoms with Crippen molar-refractivity contribution in [3.8, 4) is 0 Å². The van der Waals surface area contributed by atoms with Crippen LogP contribution in [0.15, 0.2) is 0 Å². The van der Waals surface area contributed by atoms with E-state index in [-0.39, 0.29) is 6.04 Å². The van der Waals surface area contributed by atoms with Crippen molar-refractivity contribution in [1.29, 1.82) is 0 Å². The SMILES string of the molecule is NC1CCN(C(=O)CF)C1. The number of nitrogens with two attached hydrogens (primary N) is 1. The van der Waals surface area contributed by atoms with E-state index in [0.717, 1.165) is 6.42 Å². The summed E-state index contributed by atoms with van der Waals surface area (Å²) in [5.74, 6) is -0.437. The van der Waals surface area contributed by atoms with Gasteiger partial charge in [-0.2, -0.15) is 0 Å². The molecule has 1 rings (SSSR count). The van der Waals surface area contributed by atoms with Crippen molar-refractivity contribution in [2.24, 2.45) is 5.73 Å². The Morgan fingerprint density at radius 2 is 2.50 bits per heavy atom. The molecule has 1 amide bonds. The molecular weight excluding hydrogens is 135 g/mol. The van der Waals surface area contributed by atoms with Crippen LogP contribution in [0.4, 0.5) is 4.39 Å². The van der Waals surface area contributed by atoms with Gasteiger partial charge in [0.05, 0.1) is 0 Å². The van der Waals surface area contributed by atoms with E-state index in [1.54, 1.807) is 0 Å². The summed E-state index contributed by atoms with van der Waals surface area (Å²) in [5.41, 5.74) is 5.50. The van der Waals surface area contributed by atoms with Gasteiger partial charge in [-0.05, 0) is 6.42 Å². The Morgan fingerprint density at radius 1 is 1.80 bits per heavy atom. The molecule has 0 aromatic heterocycles. The maximum atomic E-state index is 11.7. The summed E-state index contributed by atoms with van der Waals surface area (Å²) in [6, 6.07) is 0.0514. The molecule has 1 heterocycles. The highest BCUT2D eigenvalue weighted by atomic mass is 19.1. The van der Waals surface area contributed by atoms with E-state index in [0.29, 0.717) is 13.1 Å². The lowest BCUT2D eigenvalue weighted by atomic mass is 10.3. The average molecular weight is 146 g/mol. The van der Waals surface area contributed by atoms with Crippen molar-refractivity contribution < 1.29 is 9.18 Å². The monoisotopic (exact) mass is 146 g/mol. The normalized spacial score (nSPS) is 25.4. The molecule has 0 saturated carbocycles. The van der Waals surface area contributed by atoms with Gasteiger partial charge in [-0.1, -0.05) is 0 Å². The number of likely N-dealkylation sites (tertiary alicyclic amines) is 1. The molecule has 0 aliphatic carbocycles. The zero-order chi connectivity index (χ0) is 7.56. The maximum Gasteiger partial charge on any atom is 0.254 e. The van der Waals surface area contributed by atoms with E-state index in [2.05, 4.69) is 0 Å². The summed E-state index contributed by atoms with van der Waals surface area (Å²) in [6.45, 7) is 0.236. The number of halogens is 1. The molecule has 4 heteroatoms. The second kappa shape index (κ2) is 2.96. The van der Waals surface area contributed by atoms with Gasteiger partial charge >= 0.3 is 0 Å². The molecular formula is C6H11FN2O. The summed E-state index contributed by atoms with van der Waals surface area (Å²) in [6.07, 6.45) is 0.797. The van der Waals surface area contributed by atoms with E-state index in [1.807, 2.05) is 0 Å². The summed E-state index contributed by atoms with van der Waals surface area (Å²) in [7, 11) is 0. The number of hydrogen-bond acceptors (Lipinski definition) is 2. The van der Waals surface area contributed by atoms with Gasteiger partial charge < -0.3 is 10.6 Å². The topological polar surface area (TPSA) is 46.3 Å². The van der Waals surface area contributed by atoms with Crippen molar-refractivity contribution in [3.63, 3.8) is 0 Å². The van der Waals surface area contributed by atoms with Crippen molar-refractivity contribution in [3.05, 3.63) is 0 Å². The quantitative estimate of drug-likeness (QED) is 0.543.